The summed E-state index contributed by atoms with van der Waals surface area (Å²) in [7, 11) is 2.94. The molecule has 0 unspecified atom stereocenters. The number of fused-ring (bicyclic) bond motifs is 1. The van der Waals surface area contributed by atoms with E-state index in [1.807, 2.05) is 55.5 Å². The van der Waals surface area contributed by atoms with E-state index in [1.54, 1.807) is 6.21 Å². The summed E-state index contributed by atoms with van der Waals surface area (Å²) in [5.41, 5.74) is 3.97. The van der Waals surface area contributed by atoms with Gasteiger partial charge in [0.25, 0.3) is 5.56 Å². The van der Waals surface area contributed by atoms with Crippen LogP contribution in [0, 0.1) is 6.92 Å². The molecule has 35 heavy (non-hydrogen) atoms. The van der Waals surface area contributed by atoms with Gasteiger partial charge in [-0.15, -0.1) is 0 Å². The Kier molecular flexibility index (Phi) is 7.17. The second-order valence-corrected chi connectivity index (χ2v) is 8.99. The van der Waals surface area contributed by atoms with Gasteiger partial charge in [-0.05, 0) is 36.2 Å². The van der Waals surface area contributed by atoms with E-state index in [4.69, 9.17) is 4.74 Å². The number of para-hydroxylation sites is 1. The molecule has 0 saturated carbocycles. The molecule has 0 aliphatic carbocycles. The van der Waals surface area contributed by atoms with E-state index in [0.717, 1.165) is 20.2 Å². The van der Waals surface area contributed by atoms with Gasteiger partial charge in [-0.3, -0.25) is 13.9 Å². The third kappa shape index (κ3) is 5.20. The van der Waals surface area contributed by atoms with Crippen LogP contribution in [0.4, 0.5) is 5.95 Å². The van der Waals surface area contributed by atoms with Gasteiger partial charge in [0.15, 0.2) is 11.2 Å². The number of aromatic nitrogens is 4. The van der Waals surface area contributed by atoms with Crippen LogP contribution in [0.15, 0.2) is 67.7 Å². The summed E-state index contributed by atoms with van der Waals surface area (Å²) in [4.78, 5) is 29.8. The van der Waals surface area contributed by atoms with Crippen molar-refractivity contribution in [1.29, 1.82) is 0 Å². The van der Waals surface area contributed by atoms with Gasteiger partial charge < -0.3 is 14.4 Å². The highest BCUT2D eigenvalue weighted by Gasteiger charge is 2.21. The monoisotopic (exact) mass is 540 g/mol. The summed E-state index contributed by atoms with van der Waals surface area (Å²) in [6.07, 6.45) is 0.635. The average Bonchev–Trinajstić information content (AvgIpc) is 3.20. The van der Waals surface area contributed by atoms with E-state index in [9.17, 15) is 14.7 Å². The first-order chi connectivity index (χ1) is 16.8. The molecule has 0 amide bonds. The number of hydrazone groups is 1. The zero-order valence-corrected chi connectivity index (χ0v) is 21.1. The molecule has 2 aromatic heterocycles. The zero-order valence-electron chi connectivity index (χ0n) is 19.5. The second kappa shape index (κ2) is 10.3. The van der Waals surface area contributed by atoms with Gasteiger partial charge >= 0.3 is 5.69 Å². The maximum atomic E-state index is 13.0. The number of aliphatic hydroxyl groups is 1. The Labute approximate surface area is 209 Å². The maximum Gasteiger partial charge on any atom is 0.332 e. The Morgan fingerprint density at radius 3 is 2.57 bits per heavy atom. The smallest absolute Gasteiger partial charge is 0.332 e. The molecule has 0 radical (unpaired) electrons. The quantitative estimate of drug-likeness (QED) is 0.262. The van der Waals surface area contributed by atoms with Crippen molar-refractivity contribution in [2.45, 2.75) is 19.6 Å². The predicted molar refractivity (Wildman–Crippen MR) is 138 cm³/mol. The number of rotatable bonds is 8. The lowest BCUT2D eigenvalue weighted by molar-refractivity contribution is 0.0935. The molecular weight excluding hydrogens is 516 g/mol. The number of imidazole rings is 1. The normalized spacial score (nSPS) is 12.4. The van der Waals surface area contributed by atoms with E-state index < -0.39 is 17.4 Å². The van der Waals surface area contributed by atoms with Crippen LogP contribution in [0.2, 0.25) is 0 Å². The SMILES string of the molecule is Cc1ccccc1OC[C@@H](O)Cn1c(N/N=C/c2ccc(Br)cc2)nc2c1c(=O)n(C)c(=O)n2C. The minimum Gasteiger partial charge on any atom is -0.491 e. The van der Waals surface area contributed by atoms with Crippen molar-refractivity contribution < 1.29 is 9.84 Å². The van der Waals surface area contributed by atoms with E-state index in [-0.39, 0.29) is 30.3 Å². The van der Waals surface area contributed by atoms with Crippen LogP contribution in [0.1, 0.15) is 11.1 Å². The molecule has 10 nitrogen and oxygen atoms in total. The number of nitrogens with one attached hydrogen (secondary N) is 1. The fourth-order valence-corrected chi connectivity index (χ4v) is 3.86. The summed E-state index contributed by atoms with van der Waals surface area (Å²) in [6, 6.07) is 15.0. The molecule has 0 spiro atoms. The molecule has 0 saturated heterocycles. The van der Waals surface area contributed by atoms with Crippen LogP contribution >= 0.6 is 15.9 Å². The van der Waals surface area contributed by atoms with Crippen LogP contribution < -0.4 is 21.4 Å². The van der Waals surface area contributed by atoms with Crippen molar-refractivity contribution in [1.82, 2.24) is 18.7 Å². The Hall–Kier alpha value is -3.70. The van der Waals surface area contributed by atoms with Gasteiger partial charge in [0, 0.05) is 18.6 Å². The number of hydrogen-bond acceptors (Lipinski definition) is 7. The van der Waals surface area contributed by atoms with Crippen molar-refractivity contribution >= 4 is 39.3 Å². The third-order valence-corrected chi connectivity index (χ3v) is 6.04. The van der Waals surface area contributed by atoms with Crippen LogP contribution in [0.5, 0.6) is 5.75 Å². The molecule has 0 aliphatic rings. The molecule has 1 atom stereocenters. The van der Waals surface area contributed by atoms with Gasteiger partial charge in [0.1, 0.15) is 18.5 Å². The molecule has 0 fully saturated rings. The lowest BCUT2D eigenvalue weighted by Crippen LogP contribution is -2.38. The first kappa shape index (κ1) is 24.4. The fourth-order valence-electron chi connectivity index (χ4n) is 3.59. The molecular formula is C24H25BrN6O4. The summed E-state index contributed by atoms with van der Waals surface area (Å²) in [5.74, 6) is 0.874. The van der Waals surface area contributed by atoms with E-state index >= 15 is 0 Å². The number of ether oxygens (including phenoxy) is 1. The van der Waals surface area contributed by atoms with Crippen LogP contribution in [-0.2, 0) is 20.6 Å². The van der Waals surface area contributed by atoms with Gasteiger partial charge in [-0.1, -0.05) is 46.3 Å². The number of hydrogen-bond donors (Lipinski definition) is 2. The lowest BCUT2D eigenvalue weighted by atomic mass is 10.2. The first-order valence-electron chi connectivity index (χ1n) is 10.8. The molecule has 182 valence electrons. The Morgan fingerprint density at radius 1 is 1.14 bits per heavy atom. The molecule has 4 aromatic rings. The van der Waals surface area contributed by atoms with Crippen molar-refractivity contribution in [2.75, 3.05) is 12.0 Å². The first-order valence-corrected chi connectivity index (χ1v) is 11.6. The third-order valence-electron chi connectivity index (χ3n) is 5.51. The largest absolute Gasteiger partial charge is 0.491 e. The summed E-state index contributed by atoms with van der Waals surface area (Å²) in [6.45, 7) is 1.91. The summed E-state index contributed by atoms with van der Waals surface area (Å²) >= 11 is 3.39. The highest BCUT2D eigenvalue weighted by molar-refractivity contribution is 9.10. The summed E-state index contributed by atoms with van der Waals surface area (Å²) in [5, 5.41) is 15.0. The lowest BCUT2D eigenvalue weighted by Gasteiger charge is -2.16. The number of halogens is 1. The topological polar surface area (TPSA) is 116 Å². The highest BCUT2D eigenvalue weighted by Crippen LogP contribution is 2.19. The number of aliphatic hydroxyl groups excluding tert-OH is 1. The summed E-state index contributed by atoms with van der Waals surface area (Å²) < 4.78 is 10.5. The Morgan fingerprint density at radius 2 is 1.86 bits per heavy atom. The predicted octanol–water partition coefficient (Wildman–Crippen LogP) is 2.39. The second-order valence-electron chi connectivity index (χ2n) is 8.08. The van der Waals surface area contributed by atoms with Crippen molar-refractivity contribution in [3.63, 3.8) is 0 Å². The molecule has 4 rings (SSSR count). The molecule has 11 heteroatoms. The number of anilines is 1. The Bertz CT molecular complexity index is 1500. The van der Waals surface area contributed by atoms with E-state index in [0.29, 0.717) is 5.75 Å². The molecule has 2 heterocycles. The van der Waals surface area contributed by atoms with Crippen molar-refractivity contribution in [3.05, 3.63) is 85.0 Å². The molecule has 0 aliphatic heterocycles. The van der Waals surface area contributed by atoms with Crippen LogP contribution in [-0.4, -0.2) is 42.7 Å². The minimum atomic E-state index is -0.968. The standard InChI is InChI=1S/C24H25BrN6O4/c1-15-6-4-5-7-19(15)35-14-18(32)13-31-20-21(29(2)24(34)30(3)22(20)33)27-23(31)28-26-12-16-8-10-17(25)11-9-16/h4-12,18,32H,13-14H2,1-3H3,(H,27,28)/b26-12+/t18-/m0/s1. The number of aryl methyl sites for hydroxylation is 2. The molecule has 0 bridgehead atoms. The van der Waals surface area contributed by atoms with Crippen molar-refractivity contribution in [3.8, 4) is 5.75 Å². The fraction of sp³-hybridized carbons (Fsp3) is 0.250. The van der Waals surface area contributed by atoms with Crippen LogP contribution in [0.25, 0.3) is 11.2 Å². The van der Waals surface area contributed by atoms with Gasteiger partial charge in [0.2, 0.25) is 5.95 Å². The van der Waals surface area contributed by atoms with Crippen LogP contribution in [0.3, 0.4) is 0 Å². The van der Waals surface area contributed by atoms with E-state index in [1.165, 1.54) is 23.2 Å². The average molecular weight is 541 g/mol. The highest BCUT2D eigenvalue weighted by atomic mass is 79.9. The molecule has 2 aromatic carbocycles. The minimum absolute atomic E-state index is 0.00178. The zero-order chi connectivity index (χ0) is 25.1. The van der Waals surface area contributed by atoms with Gasteiger partial charge in [0.05, 0.1) is 12.8 Å². The molecule has 2 N–H and O–H groups in total. The van der Waals surface area contributed by atoms with Crippen molar-refractivity contribution in [2.24, 2.45) is 19.2 Å². The number of benzene rings is 2. The van der Waals surface area contributed by atoms with E-state index in [2.05, 4.69) is 31.4 Å². The Balaban J connectivity index is 1.66. The number of nitrogens with zero attached hydrogens (tertiary/aromatic N) is 5. The maximum absolute atomic E-state index is 13.0. The van der Waals surface area contributed by atoms with Gasteiger partial charge in [-0.2, -0.15) is 10.1 Å². The van der Waals surface area contributed by atoms with Gasteiger partial charge in [-0.25, -0.2) is 10.2 Å².